The van der Waals surface area contributed by atoms with Crippen molar-refractivity contribution in [2.45, 2.75) is 13.3 Å². The smallest absolute Gasteiger partial charge is 0.318 e. The minimum absolute atomic E-state index is 0.277. The fourth-order valence-corrected chi connectivity index (χ4v) is 0.401. The van der Waals surface area contributed by atoms with Crippen LogP contribution in [-0.2, 0) is 0 Å². The molecule has 0 aliphatic carbocycles. The number of nitrogens with one attached hydrogen (secondary N) is 2. The van der Waals surface area contributed by atoms with Crippen molar-refractivity contribution in [2.75, 3.05) is 7.05 Å². The van der Waals surface area contributed by atoms with E-state index in [0.29, 0.717) is 12.8 Å². The fourth-order valence-electron chi connectivity index (χ4n) is 0.401. The van der Waals surface area contributed by atoms with Crippen molar-refractivity contribution in [3.05, 3.63) is 12.0 Å². The lowest BCUT2D eigenvalue weighted by molar-refractivity contribution is 0.245. The molecule has 0 heterocycles. The Kier molecular flexibility index (Phi) is 4.28. The third-order valence-corrected chi connectivity index (χ3v) is 1.01. The summed E-state index contributed by atoms with van der Waals surface area (Å²) in [5.74, 6) is 0. The van der Waals surface area contributed by atoms with Gasteiger partial charge in [-0.15, -0.1) is 0 Å². The molecule has 0 spiro atoms. The molecule has 0 aromatic carbocycles. The topological polar surface area (TPSA) is 41.1 Å². The van der Waals surface area contributed by atoms with Crippen molar-refractivity contribution in [1.82, 2.24) is 10.6 Å². The first-order valence-electron chi connectivity index (χ1n) is 3.02. The molecule has 58 valence electrons. The second-order valence-corrected chi connectivity index (χ2v) is 1.69. The summed E-state index contributed by atoms with van der Waals surface area (Å²) in [5, 5.41) is 4.61. The minimum Gasteiger partial charge on any atom is -0.341 e. The Labute approximate surface area is 59.3 Å². The molecule has 0 fully saturated rings. The largest absolute Gasteiger partial charge is 0.341 e. The molecule has 0 aliphatic rings. The molecular weight excluding hydrogens is 135 g/mol. The quantitative estimate of drug-likeness (QED) is 0.602. The van der Waals surface area contributed by atoms with Crippen LogP contribution in [-0.4, -0.2) is 13.1 Å². The maximum Gasteiger partial charge on any atom is 0.318 e. The molecule has 0 unspecified atom stereocenters. The zero-order valence-corrected chi connectivity index (χ0v) is 6.07. The SMILES string of the molecule is CC/C(=C/F)NC(=O)NC. The Morgan fingerprint density at radius 1 is 1.70 bits per heavy atom. The lowest BCUT2D eigenvalue weighted by atomic mass is 10.4. The Bertz CT molecular complexity index is 145. The van der Waals surface area contributed by atoms with E-state index in [2.05, 4.69) is 10.6 Å². The zero-order chi connectivity index (χ0) is 7.98. The summed E-state index contributed by atoms with van der Waals surface area (Å²) in [4.78, 5) is 10.5. The first-order chi connectivity index (χ1) is 4.74. The molecule has 2 amide bonds. The number of hydrogen-bond acceptors (Lipinski definition) is 1. The molecule has 3 nitrogen and oxygen atoms in total. The Hall–Kier alpha value is -1.06. The van der Waals surface area contributed by atoms with Gasteiger partial charge >= 0.3 is 6.03 Å². The third-order valence-electron chi connectivity index (χ3n) is 1.01. The van der Waals surface area contributed by atoms with Crippen LogP contribution in [0.25, 0.3) is 0 Å². The maximum absolute atomic E-state index is 11.8. The van der Waals surface area contributed by atoms with Crippen molar-refractivity contribution < 1.29 is 9.18 Å². The molecule has 10 heavy (non-hydrogen) atoms. The average Bonchev–Trinajstić information content (AvgIpc) is 1.99. The van der Waals surface area contributed by atoms with E-state index in [1.807, 2.05) is 0 Å². The second-order valence-electron chi connectivity index (χ2n) is 1.69. The van der Waals surface area contributed by atoms with Gasteiger partial charge in [-0.1, -0.05) is 6.92 Å². The highest BCUT2D eigenvalue weighted by atomic mass is 19.1. The van der Waals surface area contributed by atoms with Crippen molar-refractivity contribution in [2.24, 2.45) is 0 Å². The van der Waals surface area contributed by atoms with Gasteiger partial charge in [0, 0.05) is 12.7 Å². The van der Waals surface area contributed by atoms with E-state index in [1.165, 1.54) is 7.05 Å². The van der Waals surface area contributed by atoms with Gasteiger partial charge in [0.05, 0.1) is 0 Å². The molecule has 0 bridgehead atoms. The van der Waals surface area contributed by atoms with E-state index in [0.717, 1.165) is 0 Å². The number of amides is 2. The minimum atomic E-state index is -0.397. The zero-order valence-electron chi connectivity index (χ0n) is 6.07. The maximum atomic E-state index is 11.8. The number of hydrogen-bond donors (Lipinski definition) is 2. The molecule has 0 aromatic rings. The normalized spacial score (nSPS) is 10.9. The van der Waals surface area contributed by atoms with E-state index in [4.69, 9.17) is 0 Å². The van der Waals surface area contributed by atoms with Gasteiger partial charge in [0.1, 0.15) is 6.33 Å². The molecule has 0 saturated carbocycles. The summed E-state index contributed by atoms with van der Waals surface area (Å²) < 4.78 is 11.8. The van der Waals surface area contributed by atoms with Crippen LogP contribution in [0.1, 0.15) is 13.3 Å². The van der Waals surface area contributed by atoms with E-state index in [-0.39, 0.29) is 5.70 Å². The molecule has 0 aromatic heterocycles. The van der Waals surface area contributed by atoms with E-state index < -0.39 is 6.03 Å². The van der Waals surface area contributed by atoms with Crippen molar-refractivity contribution >= 4 is 6.03 Å². The molecule has 0 aliphatic heterocycles. The van der Waals surface area contributed by atoms with Gasteiger partial charge in [-0.25, -0.2) is 9.18 Å². The number of allylic oxidation sites excluding steroid dienone is 1. The first kappa shape index (κ1) is 8.94. The molecule has 2 N–H and O–H groups in total. The predicted molar refractivity (Wildman–Crippen MR) is 37.1 cm³/mol. The van der Waals surface area contributed by atoms with Crippen LogP contribution in [0.2, 0.25) is 0 Å². The standard InChI is InChI=1S/C6H11FN2O/c1-3-5(4-7)9-6(10)8-2/h4H,3H2,1-2H3,(H2,8,9,10)/b5-4-. The van der Waals surface area contributed by atoms with Gasteiger partial charge in [0.2, 0.25) is 0 Å². The molecule has 0 saturated heterocycles. The van der Waals surface area contributed by atoms with Crippen LogP contribution in [0, 0.1) is 0 Å². The number of carbonyl (C=O) groups excluding carboxylic acids is 1. The lowest BCUT2D eigenvalue weighted by Crippen LogP contribution is -2.31. The molecule has 0 rings (SSSR count). The summed E-state index contributed by atoms with van der Waals surface area (Å²) in [7, 11) is 1.47. The van der Waals surface area contributed by atoms with Gasteiger partial charge in [-0.05, 0) is 6.42 Å². The highest BCUT2D eigenvalue weighted by Crippen LogP contribution is 1.94. The Morgan fingerprint density at radius 3 is 2.60 bits per heavy atom. The molecule has 0 radical (unpaired) electrons. The number of halogens is 1. The number of carbonyl (C=O) groups is 1. The van der Waals surface area contributed by atoms with Crippen molar-refractivity contribution in [3.8, 4) is 0 Å². The van der Waals surface area contributed by atoms with Gasteiger partial charge in [0.15, 0.2) is 0 Å². The Balaban J connectivity index is 3.76. The summed E-state index contributed by atoms with van der Waals surface area (Å²) in [6, 6.07) is -0.397. The van der Waals surface area contributed by atoms with E-state index >= 15 is 0 Å². The monoisotopic (exact) mass is 146 g/mol. The van der Waals surface area contributed by atoms with Gasteiger partial charge in [0.25, 0.3) is 0 Å². The third kappa shape index (κ3) is 3.06. The van der Waals surface area contributed by atoms with E-state index in [9.17, 15) is 9.18 Å². The summed E-state index contributed by atoms with van der Waals surface area (Å²) in [5.41, 5.74) is 0.277. The summed E-state index contributed by atoms with van der Waals surface area (Å²) >= 11 is 0. The predicted octanol–water partition coefficient (Wildman–Crippen LogP) is 1.14. The molecule has 4 heteroatoms. The van der Waals surface area contributed by atoms with Crippen LogP contribution in [0.4, 0.5) is 9.18 Å². The highest BCUT2D eigenvalue weighted by molar-refractivity contribution is 5.75. The van der Waals surface area contributed by atoms with Gasteiger partial charge < -0.3 is 10.6 Å². The average molecular weight is 146 g/mol. The highest BCUT2D eigenvalue weighted by Gasteiger charge is 1.97. The summed E-state index contributed by atoms with van der Waals surface area (Å²) in [6.45, 7) is 1.75. The molecule has 0 atom stereocenters. The van der Waals surface area contributed by atoms with Gasteiger partial charge in [-0.3, -0.25) is 0 Å². The van der Waals surface area contributed by atoms with Crippen LogP contribution < -0.4 is 10.6 Å². The van der Waals surface area contributed by atoms with Crippen molar-refractivity contribution in [1.29, 1.82) is 0 Å². The van der Waals surface area contributed by atoms with Crippen LogP contribution in [0.15, 0.2) is 12.0 Å². The van der Waals surface area contributed by atoms with E-state index in [1.54, 1.807) is 6.92 Å². The van der Waals surface area contributed by atoms with Gasteiger partial charge in [-0.2, -0.15) is 0 Å². The van der Waals surface area contributed by atoms with Crippen LogP contribution >= 0.6 is 0 Å². The second kappa shape index (κ2) is 4.78. The lowest BCUT2D eigenvalue weighted by Gasteiger charge is -2.03. The molecular formula is C6H11FN2O. The van der Waals surface area contributed by atoms with Crippen LogP contribution in [0.3, 0.4) is 0 Å². The van der Waals surface area contributed by atoms with Crippen molar-refractivity contribution in [3.63, 3.8) is 0 Å². The number of rotatable bonds is 2. The first-order valence-corrected chi connectivity index (χ1v) is 3.02. The summed E-state index contributed by atoms with van der Waals surface area (Å²) in [6.07, 6.45) is 0.860. The van der Waals surface area contributed by atoms with Crippen LogP contribution in [0.5, 0.6) is 0 Å². The Morgan fingerprint density at radius 2 is 2.30 bits per heavy atom. The fraction of sp³-hybridized carbons (Fsp3) is 0.500. The number of urea groups is 1.